The maximum absolute atomic E-state index is 13.5. The van der Waals surface area contributed by atoms with Crippen LogP contribution in [0.4, 0.5) is 4.39 Å². The summed E-state index contributed by atoms with van der Waals surface area (Å²) in [6.45, 7) is 1.94. The molecule has 0 aromatic heterocycles. The molecule has 98 valence electrons. The van der Waals surface area contributed by atoms with Crippen LogP contribution < -0.4 is 5.32 Å². The maximum Gasteiger partial charge on any atom is 0.137 e. The van der Waals surface area contributed by atoms with Gasteiger partial charge in [-0.3, -0.25) is 4.79 Å². The van der Waals surface area contributed by atoms with Gasteiger partial charge in [0.05, 0.1) is 0 Å². The highest BCUT2D eigenvalue weighted by Gasteiger charge is 2.18. The van der Waals surface area contributed by atoms with Crippen LogP contribution in [-0.2, 0) is 11.2 Å². The summed E-state index contributed by atoms with van der Waals surface area (Å²) in [6.07, 6.45) is 2.69. The molecule has 0 bridgehead atoms. The fourth-order valence-electron chi connectivity index (χ4n) is 2.38. The summed E-state index contributed by atoms with van der Waals surface area (Å²) in [5.41, 5.74) is 0.332. The second kappa shape index (κ2) is 6.30. The Morgan fingerprint density at radius 1 is 1.39 bits per heavy atom. The zero-order chi connectivity index (χ0) is 13.0. The van der Waals surface area contributed by atoms with Crippen LogP contribution in [0.1, 0.15) is 24.8 Å². The molecule has 1 aliphatic heterocycles. The molecule has 0 unspecified atom stereocenters. The zero-order valence-electron chi connectivity index (χ0n) is 10.2. The van der Waals surface area contributed by atoms with Crippen molar-refractivity contribution < 1.29 is 9.18 Å². The summed E-state index contributed by atoms with van der Waals surface area (Å²) in [4.78, 5) is 11.9. The van der Waals surface area contributed by atoms with Crippen molar-refractivity contribution in [2.24, 2.45) is 5.92 Å². The van der Waals surface area contributed by atoms with E-state index in [1.807, 2.05) is 0 Å². The lowest BCUT2D eigenvalue weighted by Crippen LogP contribution is -2.29. The first-order valence-corrected chi connectivity index (χ1v) is 6.70. The monoisotopic (exact) mass is 269 g/mol. The van der Waals surface area contributed by atoms with Gasteiger partial charge in [0, 0.05) is 23.4 Å². The molecule has 1 N–H and O–H groups in total. The average molecular weight is 270 g/mol. The standard InChI is InChI=1S/C14H17ClFNO/c15-13-2-1-3-14(16)12(13)9-11(18)8-10-4-6-17-7-5-10/h1-3,10,17H,4-9H2. The van der Waals surface area contributed by atoms with Crippen LogP contribution in [0.25, 0.3) is 0 Å². The molecule has 1 aromatic carbocycles. The van der Waals surface area contributed by atoms with E-state index >= 15 is 0 Å². The first-order chi connectivity index (χ1) is 8.66. The van der Waals surface area contributed by atoms with Gasteiger partial charge in [0.1, 0.15) is 11.6 Å². The van der Waals surface area contributed by atoms with E-state index in [0.717, 1.165) is 25.9 Å². The molecule has 1 aromatic rings. The molecular weight excluding hydrogens is 253 g/mol. The molecule has 1 fully saturated rings. The van der Waals surface area contributed by atoms with E-state index in [1.54, 1.807) is 12.1 Å². The van der Waals surface area contributed by atoms with E-state index in [9.17, 15) is 9.18 Å². The van der Waals surface area contributed by atoms with Gasteiger partial charge in [-0.1, -0.05) is 17.7 Å². The highest BCUT2D eigenvalue weighted by Crippen LogP contribution is 2.22. The number of benzene rings is 1. The van der Waals surface area contributed by atoms with Crippen molar-refractivity contribution >= 4 is 17.4 Å². The maximum atomic E-state index is 13.5. The molecule has 4 heteroatoms. The lowest BCUT2D eigenvalue weighted by molar-refractivity contribution is -0.119. The minimum atomic E-state index is -0.388. The van der Waals surface area contributed by atoms with Gasteiger partial charge in [-0.15, -0.1) is 0 Å². The van der Waals surface area contributed by atoms with Gasteiger partial charge in [0.25, 0.3) is 0 Å². The SMILES string of the molecule is O=C(Cc1c(F)cccc1Cl)CC1CCNCC1. The Morgan fingerprint density at radius 2 is 2.11 bits per heavy atom. The third-order valence-corrected chi connectivity index (χ3v) is 3.76. The number of hydrogen-bond donors (Lipinski definition) is 1. The normalized spacial score (nSPS) is 16.8. The second-order valence-corrected chi connectivity index (χ2v) is 5.22. The molecule has 18 heavy (non-hydrogen) atoms. The minimum absolute atomic E-state index is 0.0777. The topological polar surface area (TPSA) is 29.1 Å². The Bertz CT molecular complexity index is 410. The highest BCUT2D eigenvalue weighted by molar-refractivity contribution is 6.31. The molecule has 2 nitrogen and oxygen atoms in total. The molecule has 2 rings (SSSR count). The summed E-state index contributed by atoms with van der Waals surface area (Å²) in [5, 5.41) is 3.60. The largest absolute Gasteiger partial charge is 0.317 e. The number of hydrogen-bond acceptors (Lipinski definition) is 2. The Labute approximate surface area is 112 Å². The Balaban J connectivity index is 1.94. The third kappa shape index (κ3) is 3.53. The average Bonchev–Trinajstić information content (AvgIpc) is 2.35. The number of rotatable bonds is 4. The summed E-state index contributed by atoms with van der Waals surface area (Å²) < 4.78 is 13.5. The summed E-state index contributed by atoms with van der Waals surface area (Å²) >= 11 is 5.91. The lowest BCUT2D eigenvalue weighted by atomic mass is 9.91. The van der Waals surface area contributed by atoms with E-state index < -0.39 is 0 Å². The first kappa shape index (κ1) is 13.5. The van der Waals surface area contributed by atoms with Gasteiger partial charge in [-0.05, 0) is 44.0 Å². The second-order valence-electron chi connectivity index (χ2n) is 4.81. The summed E-state index contributed by atoms with van der Waals surface area (Å²) in [6, 6.07) is 4.52. The van der Waals surface area contributed by atoms with Crippen LogP contribution in [0.2, 0.25) is 5.02 Å². The minimum Gasteiger partial charge on any atom is -0.317 e. The van der Waals surface area contributed by atoms with E-state index in [0.29, 0.717) is 22.9 Å². The molecule has 1 saturated heterocycles. The van der Waals surface area contributed by atoms with Crippen LogP contribution in [0, 0.1) is 11.7 Å². The van der Waals surface area contributed by atoms with Crippen LogP contribution >= 0.6 is 11.6 Å². The van der Waals surface area contributed by atoms with E-state index in [2.05, 4.69) is 5.32 Å². The van der Waals surface area contributed by atoms with Crippen molar-refractivity contribution in [3.63, 3.8) is 0 Å². The Morgan fingerprint density at radius 3 is 2.78 bits per heavy atom. The van der Waals surface area contributed by atoms with Crippen LogP contribution in [0.15, 0.2) is 18.2 Å². The number of carbonyl (C=O) groups excluding carboxylic acids is 1. The number of carbonyl (C=O) groups is 1. The smallest absolute Gasteiger partial charge is 0.137 e. The number of nitrogens with one attached hydrogen (secondary N) is 1. The lowest BCUT2D eigenvalue weighted by Gasteiger charge is -2.21. The molecular formula is C14H17ClFNO. The van der Waals surface area contributed by atoms with Crippen molar-refractivity contribution in [3.05, 3.63) is 34.6 Å². The van der Waals surface area contributed by atoms with Gasteiger partial charge in [-0.25, -0.2) is 4.39 Å². The van der Waals surface area contributed by atoms with Gasteiger partial charge >= 0.3 is 0 Å². The van der Waals surface area contributed by atoms with Gasteiger partial charge in [0.15, 0.2) is 0 Å². The molecule has 0 aliphatic carbocycles. The van der Waals surface area contributed by atoms with Crippen molar-refractivity contribution in [1.29, 1.82) is 0 Å². The summed E-state index contributed by atoms with van der Waals surface area (Å²) in [7, 11) is 0. The predicted molar refractivity (Wildman–Crippen MR) is 70.3 cm³/mol. The van der Waals surface area contributed by atoms with Crippen molar-refractivity contribution in [2.45, 2.75) is 25.7 Å². The van der Waals surface area contributed by atoms with Crippen LogP contribution in [-0.4, -0.2) is 18.9 Å². The van der Waals surface area contributed by atoms with Crippen LogP contribution in [0.3, 0.4) is 0 Å². The molecule has 0 spiro atoms. The number of Topliss-reactive ketones (excluding diaryl/α,β-unsaturated/α-hetero) is 1. The van der Waals surface area contributed by atoms with Gasteiger partial charge in [0.2, 0.25) is 0 Å². The Kier molecular flexibility index (Phi) is 4.72. The fraction of sp³-hybridized carbons (Fsp3) is 0.500. The summed E-state index contributed by atoms with van der Waals surface area (Å²) in [5.74, 6) is 0.124. The van der Waals surface area contributed by atoms with Crippen LogP contribution in [0.5, 0.6) is 0 Å². The first-order valence-electron chi connectivity index (χ1n) is 6.32. The number of halogens is 2. The third-order valence-electron chi connectivity index (χ3n) is 3.41. The van der Waals surface area contributed by atoms with E-state index in [-0.39, 0.29) is 18.0 Å². The molecule has 1 heterocycles. The van der Waals surface area contributed by atoms with Crippen molar-refractivity contribution in [3.8, 4) is 0 Å². The highest BCUT2D eigenvalue weighted by atomic mass is 35.5. The quantitative estimate of drug-likeness (QED) is 0.910. The van der Waals surface area contributed by atoms with E-state index in [1.165, 1.54) is 6.07 Å². The fourth-order valence-corrected chi connectivity index (χ4v) is 2.61. The van der Waals surface area contributed by atoms with Crippen molar-refractivity contribution in [2.75, 3.05) is 13.1 Å². The molecule has 0 atom stereocenters. The molecule has 0 saturated carbocycles. The molecule has 0 radical (unpaired) electrons. The number of piperidine rings is 1. The molecule has 1 aliphatic rings. The van der Waals surface area contributed by atoms with Gasteiger partial charge in [-0.2, -0.15) is 0 Å². The predicted octanol–water partition coefficient (Wildman–Crippen LogP) is 2.98. The van der Waals surface area contributed by atoms with Crippen molar-refractivity contribution in [1.82, 2.24) is 5.32 Å². The molecule has 0 amide bonds. The number of ketones is 1. The Hall–Kier alpha value is -0.930. The van der Waals surface area contributed by atoms with Gasteiger partial charge < -0.3 is 5.32 Å². The van der Waals surface area contributed by atoms with E-state index in [4.69, 9.17) is 11.6 Å². The zero-order valence-corrected chi connectivity index (χ0v) is 11.0.